The van der Waals surface area contributed by atoms with E-state index in [0.29, 0.717) is 18.2 Å². The van der Waals surface area contributed by atoms with E-state index in [2.05, 4.69) is 41.6 Å². The van der Waals surface area contributed by atoms with Crippen molar-refractivity contribution in [2.75, 3.05) is 18.4 Å². The van der Waals surface area contributed by atoms with Crippen LogP contribution in [-0.2, 0) is 11.2 Å². The Balaban J connectivity index is 0.00000242. The van der Waals surface area contributed by atoms with Gasteiger partial charge in [-0.25, -0.2) is 0 Å². The monoisotopic (exact) mass is 328 g/mol. The summed E-state index contributed by atoms with van der Waals surface area (Å²) in [5, 5.41) is 13.4. The Labute approximate surface area is 139 Å². The molecular formula is C16H29ClN4O. The quantitative estimate of drug-likeness (QED) is 0.777. The first kappa shape index (κ1) is 19.0. The summed E-state index contributed by atoms with van der Waals surface area (Å²) in [6.45, 7) is 8.73. The molecule has 0 atom stereocenters. The number of carbonyl (C=O) groups is 1. The molecule has 0 aromatic carbocycles. The molecule has 1 saturated heterocycles. The van der Waals surface area contributed by atoms with E-state index < -0.39 is 0 Å². The first-order valence-electron chi connectivity index (χ1n) is 7.97. The van der Waals surface area contributed by atoms with E-state index in [1.165, 1.54) is 12.8 Å². The van der Waals surface area contributed by atoms with Crippen molar-refractivity contribution in [1.82, 2.24) is 15.5 Å². The van der Waals surface area contributed by atoms with E-state index in [4.69, 9.17) is 0 Å². The fraction of sp³-hybridized carbons (Fsp3) is 0.750. The minimum absolute atomic E-state index is 0. The molecule has 6 heteroatoms. The molecule has 0 aliphatic carbocycles. The van der Waals surface area contributed by atoms with Crippen molar-refractivity contribution in [2.45, 2.75) is 52.9 Å². The maximum Gasteiger partial charge on any atom is 0.225 e. The highest BCUT2D eigenvalue weighted by Crippen LogP contribution is 2.21. The smallest absolute Gasteiger partial charge is 0.225 e. The van der Waals surface area contributed by atoms with E-state index in [9.17, 15) is 4.79 Å². The zero-order valence-corrected chi connectivity index (χ0v) is 14.7. The van der Waals surface area contributed by atoms with Gasteiger partial charge in [0.1, 0.15) is 0 Å². The number of H-pyrrole nitrogens is 1. The van der Waals surface area contributed by atoms with Crippen LogP contribution < -0.4 is 10.6 Å². The van der Waals surface area contributed by atoms with Gasteiger partial charge in [-0.3, -0.25) is 9.89 Å². The molecule has 1 aromatic heterocycles. The Kier molecular flexibility index (Phi) is 7.36. The average molecular weight is 329 g/mol. The van der Waals surface area contributed by atoms with Crippen LogP contribution in [0.25, 0.3) is 0 Å². The number of hydrogen-bond donors (Lipinski definition) is 3. The molecule has 0 spiro atoms. The maximum absolute atomic E-state index is 12.0. The Hall–Kier alpha value is -1.07. The van der Waals surface area contributed by atoms with Gasteiger partial charge in [-0.05, 0) is 50.1 Å². The van der Waals surface area contributed by atoms with Crippen LogP contribution in [0.4, 0.5) is 5.82 Å². The molecule has 1 aromatic rings. The SMILES string of the molecule is CC(C)(C)Cc1cc(NC(=O)CCC2CCNCC2)n[nH]1.Cl. The Bertz CT molecular complexity index is 461. The van der Waals surface area contributed by atoms with E-state index in [1.54, 1.807) is 0 Å². The summed E-state index contributed by atoms with van der Waals surface area (Å²) in [6.07, 6.45) is 4.86. The molecule has 0 radical (unpaired) electrons. The lowest BCUT2D eigenvalue weighted by Crippen LogP contribution is -2.28. The Morgan fingerprint density at radius 1 is 1.36 bits per heavy atom. The topological polar surface area (TPSA) is 69.8 Å². The fourth-order valence-electron chi connectivity index (χ4n) is 2.80. The van der Waals surface area contributed by atoms with Gasteiger partial charge in [0.05, 0.1) is 0 Å². The number of rotatable bonds is 5. The van der Waals surface area contributed by atoms with Gasteiger partial charge in [0.15, 0.2) is 5.82 Å². The van der Waals surface area contributed by atoms with Gasteiger partial charge in [-0.2, -0.15) is 5.10 Å². The van der Waals surface area contributed by atoms with Crippen molar-refractivity contribution < 1.29 is 4.79 Å². The number of carbonyl (C=O) groups excluding carboxylic acids is 1. The zero-order valence-electron chi connectivity index (χ0n) is 13.9. The third-order valence-electron chi connectivity index (χ3n) is 3.86. The Morgan fingerprint density at radius 2 is 2.05 bits per heavy atom. The predicted octanol–water partition coefficient (Wildman–Crippen LogP) is 3.14. The van der Waals surface area contributed by atoms with Crippen LogP contribution in [0, 0.1) is 11.3 Å². The number of nitrogens with one attached hydrogen (secondary N) is 3. The number of aromatic nitrogens is 2. The van der Waals surface area contributed by atoms with Gasteiger partial charge in [0.25, 0.3) is 0 Å². The molecule has 1 aliphatic heterocycles. The molecule has 2 heterocycles. The summed E-state index contributed by atoms with van der Waals surface area (Å²) in [4.78, 5) is 12.0. The number of anilines is 1. The van der Waals surface area contributed by atoms with E-state index in [1.807, 2.05) is 6.07 Å². The van der Waals surface area contributed by atoms with Crippen molar-refractivity contribution in [2.24, 2.45) is 11.3 Å². The summed E-state index contributed by atoms with van der Waals surface area (Å²) in [7, 11) is 0. The van der Waals surface area contributed by atoms with Crippen LogP contribution in [-0.4, -0.2) is 29.2 Å². The van der Waals surface area contributed by atoms with Gasteiger partial charge in [-0.15, -0.1) is 12.4 Å². The molecule has 126 valence electrons. The summed E-state index contributed by atoms with van der Waals surface area (Å²) in [6, 6.07) is 1.94. The molecule has 1 fully saturated rings. The lowest BCUT2D eigenvalue weighted by atomic mass is 9.91. The maximum atomic E-state index is 12.0. The van der Waals surface area contributed by atoms with Crippen molar-refractivity contribution in [3.63, 3.8) is 0 Å². The lowest BCUT2D eigenvalue weighted by Gasteiger charge is -2.21. The second kappa shape index (κ2) is 8.53. The van der Waals surface area contributed by atoms with E-state index >= 15 is 0 Å². The van der Waals surface area contributed by atoms with Crippen molar-refractivity contribution in [3.05, 3.63) is 11.8 Å². The van der Waals surface area contributed by atoms with E-state index in [-0.39, 0.29) is 23.7 Å². The van der Waals surface area contributed by atoms with Crippen molar-refractivity contribution >= 4 is 24.1 Å². The number of piperidine rings is 1. The number of halogens is 1. The predicted molar refractivity (Wildman–Crippen MR) is 92.5 cm³/mol. The van der Waals surface area contributed by atoms with Gasteiger partial charge in [0, 0.05) is 18.2 Å². The number of hydrogen-bond acceptors (Lipinski definition) is 3. The second-order valence-corrected chi connectivity index (χ2v) is 7.30. The van der Waals surface area contributed by atoms with Gasteiger partial charge >= 0.3 is 0 Å². The molecule has 1 amide bonds. The normalized spacial score (nSPS) is 16.1. The van der Waals surface area contributed by atoms with Crippen LogP contribution in [0.15, 0.2) is 6.07 Å². The van der Waals surface area contributed by atoms with Crippen LogP contribution in [0.2, 0.25) is 0 Å². The third-order valence-corrected chi connectivity index (χ3v) is 3.86. The number of aromatic amines is 1. The molecule has 0 unspecified atom stereocenters. The third kappa shape index (κ3) is 6.79. The van der Waals surface area contributed by atoms with Crippen LogP contribution in [0.3, 0.4) is 0 Å². The van der Waals surface area contributed by atoms with Crippen LogP contribution in [0.5, 0.6) is 0 Å². The molecule has 0 saturated carbocycles. The second-order valence-electron chi connectivity index (χ2n) is 7.30. The molecule has 3 N–H and O–H groups in total. The molecule has 22 heavy (non-hydrogen) atoms. The minimum atomic E-state index is 0. The average Bonchev–Trinajstić information content (AvgIpc) is 2.82. The first-order valence-corrected chi connectivity index (χ1v) is 7.97. The molecule has 2 rings (SSSR count). The van der Waals surface area contributed by atoms with Crippen LogP contribution >= 0.6 is 12.4 Å². The first-order chi connectivity index (χ1) is 9.92. The van der Waals surface area contributed by atoms with Gasteiger partial charge in [-0.1, -0.05) is 20.8 Å². The van der Waals surface area contributed by atoms with Crippen LogP contribution in [0.1, 0.15) is 52.1 Å². The summed E-state index contributed by atoms with van der Waals surface area (Å²) in [5.41, 5.74) is 1.28. The lowest BCUT2D eigenvalue weighted by molar-refractivity contribution is -0.116. The molecule has 0 bridgehead atoms. The highest BCUT2D eigenvalue weighted by molar-refractivity contribution is 5.89. The number of amides is 1. The van der Waals surface area contributed by atoms with Crippen molar-refractivity contribution in [3.8, 4) is 0 Å². The zero-order chi connectivity index (χ0) is 15.3. The van der Waals surface area contributed by atoms with Gasteiger partial charge in [0.2, 0.25) is 5.91 Å². The summed E-state index contributed by atoms with van der Waals surface area (Å²) in [5.74, 6) is 1.40. The fourth-order valence-corrected chi connectivity index (χ4v) is 2.80. The minimum Gasteiger partial charge on any atom is -0.317 e. The van der Waals surface area contributed by atoms with Gasteiger partial charge < -0.3 is 10.6 Å². The highest BCUT2D eigenvalue weighted by Gasteiger charge is 2.16. The molecule has 5 nitrogen and oxygen atoms in total. The molecular weight excluding hydrogens is 300 g/mol. The standard InChI is InChI=1S/C16H28N4O.ClH/c1-16(2,3)11-13-10-14(20-19-13)18-15(21)5-4-12-6-8-17-9-7-12;/h10,12,17H,4-9,11H2,1-3H3,(H2,18,19,20,21);1H. The largest absolute Gasteiger partial charge is 0.317 e. The van der Waals surface area contributed by atoms with E-state index in [0.717, 1.165) is 31.6 Å². The Morgan fingerprint density at radius 3 is 2.68 bits per heavy atom. The summed E-state index contributed by atoms with van der Waals surface area (Å²) < 4.78 is 0. The highest BCUT2D eigenvalue weighted by atomic mass is 35.5. The molecule has 1 aliphatic rings. The van der Waals surface area contributed by atoms with Crippen molar-refractivity contribution in [1.29, 1.82) is 0 Å². The number of nitrogens with zero attached hydrogens (tertiary/aromatic N) is 1. The summed E-state index contributed by atoms with van der Waals surface area (Å²) >= 11 is 0.